The van der Waals surface area contributed by atoms with E-state index >= 15 is 0 Å². The van der Waals surface area contributed by atoms with Crippen LogP contribution in [0.15, 0.2) is 24.3 Å². The van der Waals surface area contributed by atoms with E-state index in [1.165, 1.54) is 0 Å². The first-order valence-electron chi connectivity index (χ1n) is 4.97. The molecule has 0 bridgehead atoms. The highest BCUT2D eigenvalue weighted by molar-refractivity contribution is 7.19. The molecule has 0 aliphatic carbocycles. The van der Waals surface area contributed by atoms with Crippen molar-refractivity contribution in [2.75, 3.05) is 0 Å². The van der Waals surface area contributed by atoms with Gasteiger partial charge in [0.05, 0.1) is 15.6 Å². The molecule has 2 rings (SSSR count). The molecular weight excluding hydrogens is 244 g/mol. The summed E-state index contributed by atoms with van der Waals surface area (Å²) in [4.78, 5) is 11.8. The standard InChI is InChI=1S/C12H11ClO2S/c1-7(12(14)15)5-9-6-8-3-2-4-10(13)11(8)16-9/h2-4,6-7H,5H2,1H3,(H,14,15). The normalized spacial score (nSPS) is 12.9. The summed E-state index contributed by atoms with van der Waals surface area (Å²) in [5.74, 6) is -1.12. The third-order valence-corrected chi connectivity index (χ3v) is 4.11. The fourth-order valence-electron chi connectivity index (χ4n) is 1.57. The molecule has 0 fully saturated rings. The first-order valence-corrected chi connectivity index (χ1v) is 6.17. The third-order valence-electron chi connectivity index (χ3n) is 2.48. The van der Waals surface area contributed by atoms with E-state index in [1.54, 1.807) is 18.3 Å². The second-order valence-corrected chi connectivity index (χ2v) is 5.36. The van der Waals surface area contributed by atoms with Gasteiger partial charge in [-0.1, -0.05) is 30.7 Å². The third kappa shape index (κ3) is 2.20. The summed E-state index contributed by atoms with van der Waals surface area (Å²) in [6.07, 6.45) is 0.561. The van der Waals surface area contributed by atoms with E-state index < -0.39 is 5.97 Å². The van der Waals surface area contributed by atoms with Crippen LogP contribution in [0.1, 0.15) is 11.8 Å². The molecule has 16 heavy (non-hydrogen) atoms. The molecule has 0 amide bonds. The molecule has 0 saturated heterocycles. The number of fused-ring (bicyclic) bond motifs is 1. The molecular formula is C12H11ClO2S. The number of rotatable bonds is 3. The summed E-state index contributed by atoms with van der Waals surface area (Å²) in [6, 6.07) is 7.77. The maximum Gasteiger partial charge on any atom is 0.306 e. The molecule has 4 heteroatoms. The smallest absolute Gasteiger partial charge is 0.306 e. The summed E-state index contributed by atoms with van der Waals surface area (Å²) in [5, 5.41) is 10.7. The molecule has 84 valence electrons. The van der Waals surface area contributed by atoms with Crippen LogP contribution in [0.3, 0.4) is 0 Å². The van der Waals surface area contributed by atoms with Gasteiger partial charge in [0.25, 0.3) is 0 Å². The molecule has 0 aliphatic rings. The van der Waals surface area contributed by atoms with Crippen LogP contribution in [-0.4, -0.2) is 11.1 Å². The monoisotopic (exact) mass is 254 g/mol. The van der Waals surface area contributed by atoms with Crippen LogP contribution in [0.5, 0.6) is 0 Å². The van der Waals surface area contributed by atoms with Gasteiger partial charge in [-0.05, 0) is 23.9 Å². The van der Waals surface area contributed by atoms with Gasteiger partial charge in [-0.25, -0.2) is 0 Å². The highest BCUT2D eigenvalue weighted by atomic mass is 35.5. The van der Waals surface area contributed by atoms with Crippen molar-refractivity contribution in [1.82, 2.24) is 0 Å². The molecule has 0 aliphatic heterocycles. The molecule has 2 aromatic rings. The summed E-state index contributed by atoms with van der Waals surface area (Å²) in [6.45, 7) is 1.72. The predicted octanol–water partition coefficient (Wildman–Crippen LogP) is 3.82. The van der Waals surface area contributed by atoms with E-state index in [9.17, 15) is 4.79 Å². The lowest BCUT2D eigenvalue weighted by atomic mass is 10.1. The average Bonchev–Trinajstić information content (AvgIpc) is 2.61. The van der Waals surface area contributed by atoms with Gasteiger partial charge >= 0.3 is 5.97 Å². The Kier molecular flexibility index (Phi) is 3.17. The van der Waals surface area contributed by atoms with Gasteiger partial charge in [-0.3, -0.25) is 4.79 Å². The second-order valence-electron chi connectivity index (χ2n) is 3.81. The molecule has 0 radical (unpaired) electrons. The Balaban J connectivity index is 2.33. The number of halogens is 1. The fourth-order valence-corrected chi connectivity index (χ4v) is 3.06. The van der Waals surface area contributed by atoms with Gasteiger partial charge in [0.2, 0.25) is 0 Å². The Morgan fingerprint density at radius 1 is 1.56 bits per heavy atom. The Bertz CT molecular complexity index is 533. The lowest BCUT2D eigenvalue weighted by molar-refractivity contribution is -0.141. The minimum atomic E-state index is -0.761. The first kappa shape index (κ1) is 11.4. The van der Waals surface area contributed by atoms with Gasteiger partial charge in [0.15, 0.2) is 0 Å². The minimum absolute atomic E-state index is 0.355. The van der Waals surface area contributed by atoms with E-state index in [4.69, 9.17) is 16.7 Å². The van der Waals surface area contributed by atoms with Crippen molar-refractivity contribution in [2.45, 2.75) is 13.3 Å². The maximum absolute atomic E-state index is 10.8. The number of benzene rings is 1. The minimum Gasteiger partial charge on any atom is -0.481 e. The molecule has 1 heterocycles. The van der Waals surface area contributed by atoms with Crippen LogP contribution in [0.2, 0.25) is 5.02 Å². The number of carboxylic acid groups (broad SMARTS) is 1. The molecule has 1 aromatic carbocycles. The number of carboxylic acids is 1. The number of hydrogen-bond acceptors (Lipinski definition) is 2. The fraction of sp³-hybridized carbons (Fsp3) is 0.250. The number of aliphatic carboxylic acids is 1. The number of carbonyl (C=O) groups is 1. The van der Waals surface area contributed by atoms with Crippen LogP contribution < -0.4 is 0 Å². The van der Waals surface area contributed by atoms with E-state index in [2.05, 4.69) is 0 Å². The Morgan fingerprint density at radius 2 is 2.31 bits per heavy atom. The van der Waals surface area contributed by atoms with Crippen molar-refractivity contribution in [1.29, 1.82) is 0 Å². The van der Waals surface area contributed by atoms with Crippen molar-refractivity contribution in [3.05, 3.63) is 34.2 Å². The quantitative estimate of drug-likeness (QED) is 0.904. The lowest BCUT2D eigenvalue weighted by Crippen LogP contribution is -2.11. The van der Waals surface area contributed by atoms with Gasteiger partial charge < -0.3 is 5.11 Å². The van der Waals surface area contributed by atoms with Crippen LogP contribution in [0.4, 0.5) is 0 Å². The first-order chi connectivity index (χ1) is 7.58. The predicted molar refractivity (Wildman–Crippen MR) is 67.3 cm³/mol. The molecule has 1 unspecified atom stereocenters. The highest BCUT2D eigenvalue weighted by Gasteiger charge is 2.14. The van der Waals surface area contributed by atoms with Crippen molar-refractivity contribution in [3.8, 4) is 0 Å². The van der Waals surface area contributed by atoms with E-state index in [-0.39, 0.29) is 5.92 Å². The second kappa shape index (κ2) is 4.44. The maximum atomic E-state index is 10.8. The molecule has 0 saturated carbocycles. The van der Waals surface area contributed by atoms with Gasteiger partial charge in [-0.2, -0.15) is 0 Å². The molecule has 1 atom stereocenters. The summed E-state index contributed by atoms with van der Waals surface area (Å²) >= 11 is 7.64. The Labute approximate surface area is 102 Å². The zero-order valence-electron chi connectivity index (χ0n) is 8.74. The summed E-state index contributed by atoms with van der Waals surface area (Å²) < 4.78 is 1.04. The van der Waals surface area contributed by atoms with Crippen LogP contribution in [0.25, 0.3) is 10.1 Å². The lowest BCUT2D eigenvalue weighted by Gasteiger charge is -2.01. The van der Waals surface area contributed by atoms with Gasteiger partial charge in [0, 0.05) is 4.88 Å². The molecule has 1 N–H and O–H groups in total. The van der Waals surface area contributed by atoms with E-state index in [1.807, 2.05) is 24.3 Å². The van der Waals surface area contributed by atoms with Crippen molar-refractivity contribution < 1.29 is 9.90 Å². The Morgan fingerprint density at radius 3 is 2.94 bits per heavy atom. The molecule has 0 spiro atoms. The van der Waals surface area contributed by atoms with Crippen LogP contribution in [0, 0.1) is 5.92 Å². The van der Waals surface area contributed by atoms with Crippen molar-refractivity contribution >= 4 is 39.0 Å². The van der Waals surface area contributed by atoms with Gasteiger partial charge in [-0.15, -0.1) is 11.3 Å². The van der Waals surface area contributed by atoms with E-state index in [0.717, 1.165) is 20.0 Å². The van der Waals surface area contributed by atoms with E-state index in [0.29, 0.717) is 6.42 Å². The van der Waals surface area contributed by atoms with Crippen LogP contribution in [-0.2, 0) is 11.2 Å². The van der Waals surface area contributed by atoms with Gasteiger partial charge in [0.1, 0.15) is 0 Å². The largest absolute Gasteiger partial charge is 0.481 e. The number of hydrogen-bond donors (Lipinski definition) is 1. The number of thiophene rings is 1. The van der Waals surface area contributed by atoms with Crippen molar-refractivity contribution in [3.63, 3.8) is 0 Å². The molecule has 2 nitrogen and oxygen atoms in total. The molecule has 1 aromatic heterocycles. The Hall–Kier alpha value is -1.06. The average molecular weight is 255 g/mol. The SMILES string of the molecule is CC(Cc1cc2cccc(Cl)c2s1)C(=O)O. The highest BCUT2D eigenvalue weighted by Crippen LogP contribution is 2.32. The summed E-state index contributed by atoms with van der Waals surface area (Å²) in [5.41, 5.74) is 0. The van der Waals surface area contributed by atoms with Crippen LogP contribution >= 0.6 is 22.9 Å². The summed E-state index contributed by atoms with van der Waals surface area (Å²) in [7, 11) is 0. The topological polar surface area (TPSA) is 37.3 Å². The zero-order valence-corrected chi connectivity index (χ0v) is 10.3. The van der Waals surface area contributed by atoms with Crippen molar-refractivity contribution in [2.24, 2.45) is 5.92 Å². The zero-order chi connectivity index (χ0) is 11.7.